The topological polar surface area (TPSA) is 49.9 Å². The van der Waals surface area contributed by atoms with Crippen LogP contribution in [-0.4, -0.2) is 54.0 Å². The molecule has 0 N–H and O–H groups in total. The van der Waals surface area contributed by atoms with Crippen molar-refractivity contribution >= 4 is 11.9 Å². The van der Waals surface area contributed by atoms with Gasteiger partial charge in [-0.1, -0.05) is 44.2 Å². The van der Waals surface area contributed by atoms with Gasteiger partial charge >= 0.3 is 5.97 Å². The van der Waals surface area contributed by atoms with Crippen molar-refractivity contribution in [1.29, 1.82) is 0 Å². The molecule has 5 heteroatoms. The lowest BCUT2D eigenvalue weighted by atomic mass is 10.0. The average molecular weight is 334 g/mol. The van der Waals surface area contributed by atoms with Crippen molar-refractivity contribution in [3.63, 3.8) is 0 Å². The summed E-state index contributed by atoms with van der Waals surface area (Å²) in [5, 5.41) is 0. The molecule has 0 aliphatic heterocycles. The minimum Gasteiger partial charge on any atom is -0.459 e. The Hall–Kier alpha value is -1.88. The first-order chi connectivity index (χ1) is 11.2. The highest BCUT2D eigenvalue weighted by atomic mass is 16.6. The van der Waals surface area contributed by atoms with Crippen LogP contribution in [0, 0.1) is 0 Å². The zero-order chi connectivity index (χ0) is 18.3. The number of likely N-dealkylation sites (N-methyl/N-ethyl adjacent to an activating group) is 2. The molecule has 0 spiro atoms. The molecule has 5 nitrogen and oxygen atoms in total. The zero-order valence-electron chi connectivity index (χ0n) is 15.7. The molecule has 1 amide bonds. The summed E-state index contributed by atoms with van der Waals surface area (Å²) < 4.78 is 5.31. The Kier molecular flexibility index (Phi) is 7.42. The van der Waals surface area contributed by atoms with Crippen LogP contribution in [0.2, 0.25) is 0 Å². The van der Waals surface area contributed by atoms with Crippen molar-refractivity contribution in [3.8, 4) is 0 Å². The third kappa shape index (κ3) is 5.96. The van der Waals surface area contributed by atoms with Gasteiger partial charge in [-0.3, -0.25) is 14.5 Å². The fraction of sp³-hybridized carbons (Fsp3) is 0.579. The average Bonchev–Trinajstić information content (AvgIpc) is 2.50. The number of carbonyl (C=O) groups is 2. The molecule has 1 unspecified atom stereocenters. The van der Waals surface area contributed by atoms with Crippen molar-refractivity contribution < 1.29 is 14.3 Å². The molecule has 0 bridgehead atoms. The summed E-state index contributed by atoms with van der Waals surface area (Å²) in [6, 6.07) is 9.27. The number of benzene rings is 1. The fourth-order valence-electron chi connectivity index (χ4n) is 2.59. The van der Waals surface area contributed by atoms with Crippen molar-refractivity contribution in [2.24, 2.45) is 0 Å². The molecular weight excluding hydrogens is 304 g/mol. The molecule has 24 heavy (non-hydrogen) atoms. The normalized spacial score (nSPS) is 12.8. The Bertz CT molecular complexity index is 533. The molecule has 0 aliphatic carbocycles. The minimum absolute atomic E-state index is 0.0549. The molecule has 0 aliphatic rings. The maximum atomic E-state index is 13.0. The van der Waals surface area contributed by atoms with Gasteiger partial charge in [0.25, 0.3) is 0 Å². The highest BCUT2D eigenvalue weighted by molar-refractivity contribution is 5.86. The predicted molar refractivity (Wildman–Crippen MR) is 95.6 cm³/mol. The van der Waals surface area contributed by atoms with Gasteiger partial charge in [0, 0.05) is 7.05 Å². The first-order valence-electron chi connectivity index (χ1n) is 8.45. The standard InChI is InChI=1S/C19H30N2O3/c1-7-21(8-2)17(15-12-10-9-11-13-15)18(23)20(6)14-16(22)24-19(3,4)5/h9-13,17H,7-8,14H2,1-6H3. The van der Waals surface area contributed by atoms with E-state index in [1.165, 1.54) is 4.90 Å². The van der Waals surface area contributed by atoms with E-state index in [0.717, 1.165) is 18.7 Å². The lowest BCUT2D eigenvalue weighted by Gasteiger charge is -2.32. The third-order valence-electron chi connectivity index (χ3n) is 3.69. The summed E-state index contributed by atoms with van der Waals surface area (Å²) in [7, 11) is 1.64. The summed E-state index contributed by atoms with van der Waals surface area (Å²) in [6.07, 6.45) is 0. The van der Waals surface area contributed by atoms with Gasteiger partial charge in [-0.25, -0.2) is 0 Å². The first kappa shape index (κ1) is 20.2. The number of hydrogen-bond donors (Lipinski definition) is 0. The number of esters is 1. The Morgan fingerprint density at radius 3 is 2.08 bits per heavy atom. The van der Waals surface area contributed by atoms with Crippen LogP contribution in [0.5, 0.6) is 0 Å². The van der Waals surface area contributed by atoms with E-state index < -0.39 is 17.6 Å². The van der Waals surface area contributed by atoms with Crippen LogP contribution >= 0.6 is 0 Å². The van der Waals surface area contributed by atoms with E-state index in [4.69, 9.17) is 4.74 Å². The lowest BCUT2D eigenvalue weighted by Crippen LogP contribution is -2.44. The molecule has 0 aromatic heterocycles. The van der Waals surface area contributed by atoms with Crippen molar-refractivity contribution in [2.75, 3.05) is 26.7 Å². The Balaban J connectivity index is 2.93. The van der Waals surface area contributed by atoms with Crippen LogP contribution < -0.4 is 0 Å². The van der Waals surface area contributed by atoms with E-state index in [0.29, 0.717) is 0 Å². The second-order valence-electron chi connectivity index (χ2n) is 6.82. The largest absolute Gasteiger partial charge is 0.459 e. The SMILES string of the molecule is CCN(CC)C(C(=O)N(C)CC(=O)OC(C)(C)C)c1ccccc1. The summed E-state index contributed by atoms with van der Waals surface area (Å²) in [6.45, 7) is 11.0. The fourth-order valence-corrected chi connectivity index (χ4v) is 2.59. The van der Waals surface area contributed by atoms with Gasteiger partial charge in [-0.05, 0) is 39.4 Å². The highest BCUT2D eigenvalue weighted by Gasteiger charge is 2.30. The number of amides is 1. The van der Waals surface area contributed by atoms with Gasteiger partial charge in [-0.2, -0.15) is 0 Å². The molecule has 1 aromatic carbocycles. The summed E-state index contributed by atoms with van der Waals surface area (Å²) in [4.78, 5) is 28.5. The second kappa shape index (κ2) is 8.83. The van der Waals surface area contributed by atoms with Crippen LogP contribution in [0.3, 0.4) is 0 Å². The molecule has 0 radical (unpaired) electrons. The monoisotopic (exact) mass is 334 g/mol. The summed E-state index contributed by atoms with van der Waals surface area (Å²) in [5.41, 5.74) is 0.376. The van der Waals surface area contributed by atoms with E-state index in [1.807, 2.05) is 65.0 Å². The highest BCUT2D eigenvalue weighted by Crippen LogP contribution is 2.22. The van der Waals surface area contributed by atoms with Gasteiger partial charge in [0.2, 0.25) is 5.91 Å². The molecule has 0 saturated carbocycles. The van der Waals surface area contributed by atoms with Crippen LogP contribution in [0.4, 0.5) is 0 Å². The van der Waals surface area contributed by atoms with Gasteiger partial charge in [0.05, 0.1) is 0 Å². The molecule has 0 fully saturated rings. The van der Waals surface area contributed by atoms with Gasteiger partial charge in [-0.15, -0.1) is 0 Å². The first-order valence-corrected chi connectivity index (χ1v) is 8.45. The van der Waals surface area contributed by atoms with Gasteiger partial charge in [0.15, 0.2) is 0 Å². The smallest absolute Gasteiger partial charge is 0.326 e. The lowest BCUT2D eigenvalue weighted by molar-refractivity contribution is -0.159. The maximum Gasteiger partial charge on any atom is 0.326 e. The molecule has 1 aromatic rings. The van der Waals surface area contributed by atoms with Gasteiger partial charge < -0.3 is 9.64 Å². The molecule has 1 rings (SSSR count). The van der Waals surface area contributed by atoms with E-state index in [-0.39, 0.29) is 12.5 Å². The van der Waals surface area contributed by atoms with Crippen LogP contribution in [0.15, 0.2) is 30.3 Å². The maximum absolute atomic E-state index is 13.0. The molecule has 0 saturated heterocycles. The van der Waals surface area contributed by atoms with Gasteiger partial charge in [0.1, 0.15) is 18.2 Å². The molecule has 0 heterocycles. The summed E-state index contributed by atoms with van der Waals surface area (Å²) in [5.74, 6) is -0.500. The van der Waals surface area contributed by atoms with Crippen LogP contribution in [0.25, 0.3) is 0 Å². The van der Waals surface area contributed by atoms with Crippen LogP contribution in [-0.2, 0) is 14.3 Å². The molecule has 134 valence electrons. The Labute approximate surface area is 145 Å². The predicted octanol–water partition coefficient (Wildman–Crippen LogP) is 2.87. The van der Waals surface area contributed by atoms with Crippen molar-refractivity contribution in [1.82, 2.24) is 9.80 Å². The van der Waals surface area contributed by atoms with Crippen molar-refractivity contribution in [3.05, 3.63) is 35.9 Å². The number of ether oxygens (including phenoxy) is 1. The van der Waals surface area contributed by atoms with E-state index in [1.54, 1.807) is 7.05 Å². The quantitative estimate of drug-likeness (QED) is 0.720. The number of rotatable bonds is 7. The Morgan fingerprint density at radius 1 is 1.08 bits per heavy atom. The molecule has 1 atom stereocenters. The second-order valence-corrected chi connectivity index (χ2v) is 6.82. The zero-order valence-corrected chi connectivity index (χ0v) is 15.7. The third-order valence-corrected chi connectivity index (χ3v) is 3.69. The van der Waals surface area contributed by atoms with E-state index in [2.05, 4.69) is 4.90 Å². The van der Waals surface area contributed by atoms with E-state index in [9.17, 15) is 9.59 Å². The number of nitrogens with zero attached hydrogens (tertiary/aromatic N) is 2. The summed E-state index contributed by atoms with van der Waals surface area (Å²) >= 11 is 0. The van der Waals surface area contributed by atoms with Crippen molar-refractivity contribution in [2.45, 2.75) is 46.3 Å². The number of carbonyl (C=O) groups excluding carboxylic acids is 2. The molecular formula is C19H30N2O3. The van der Waals surface area contributed by atoms with E-state index >= 15 is 0 Å². The minimum atomic E-state index is -0.557. The number of hydrogen-bond acceptors (Lipinski definition) is 4. The van der Waals surface area contributed by atoms with Crippen LogP contribution in [0.1, 0.15) is 46.2 Å². The Morgan fingerprint density at radius 2 is 1.62 bits per heavy atom.